The van der Waals surface area contributed by atoms with E-state index in [9.17, 15) is 4.39 Å². The first-order valence-electron chi connectivity index (χ1n) is 6.59. The molecule has 0 amide bonds. The van der Waals surface area contributed by atoms with Crippen LogP contribution < -0.4 is 4.90 Å². The third-order valence-electron chi connectivity index (χ3n) is 2.50. The van der Waals surface area contributed by atoms with Gasteiger partial charge in [0.15, 0.2) is 0 Å². The van der Waals surface area contributed by atoms with E-state index in [-0.39, 0.29) is 11.7 Å². The Hall–Kier alpha value is -0.680. The molecule has 1 aromatic rings. The summed E-state index contributed by atoms with van der Waals surface area (Å²) in [6.45, 7) is 11.5. The van der Waals surface area contributed by atoms with E-state index in [1.54, 1.807) is 6.07 Å². The Morgan fingerprint density at radius 1 is 1.37 bits per heavy atom. The first kappa shape index (κ1) is 16.4. The van der Waals surface area contributed by atoms with E-state index in [2.05, 4.69) is 20.9 Å². The molecule has 0 atom stereocenters. The normalized spacial score (nSPS) is 15.6. The van der Waals surface area contributed by atoms with Gasteiger partial charge in [-0.2, -0.15) is 4.39 Å². The molecule has 0 saturated carbocycles. The van der Waals surface area contributed by atoms with Crippen LogP contribution in [0.2, 0.25) is 0 Å². The number of ether oxygens (including phenoxy) is 1. The Kier molecular flexibility index (Phi) is 5.74. The molecule has 108 valence electrons. The average Bonchev–Trinajstić information content (AvgIpc) is 2.28. The molecule has 0 N–H and O–H groups in total. The zero-order valence-electron chi connectivity index (χ0n) is 12.2. The molecular weight excluding hydrogens is 311 g/mol. The summed E-state index contributed by atoms with van der Waals surface area (Å²) in [4.78, 5) is 5.62. The van der Waals surface area contributed by atoms with Crippen LogP contribution in [0, 0.1) is 5.95 Å². The lowest BCUT2D eigenvalue weighted by Gasteiger charge is -2.43. The highest BCUT2D eigenvalue weighted by molar-refractivity contribution is 9.10. The highest BCUT2D eigenvalue weighted by Crippen LogP contribution is 2.28. The topological polar surface area (TPSA) is 25.4 Å². The van der Waals surface area contributed by atoms with Crippen molar-refractivity contribution in [2.45, 2.75) is 46.3 Å². The summed E-state index contributed by atoms with van der Waals surface area (Å²) in [5.41, 5.74) is 0.387. The van der Waals surface area contributed by atoms with Crippen molar-refractivity contribution in [3.8, 4) is 0 Å². The van der Waals surface area contributed by atoms with Gasteiger partial charge in [0.1, 0.15) is 0 Å². The summed E-state index contributed by atoms with van der Waals surface area (Å²) >= 11 is 3.29. The smallest absolute Gasteiger partial charge is 0.236 e. The zero-order chi connectivity index (χ0) is 14.6. The van der Waals surface area contributed by atoms with Gasteiger partial charge in [0.25, 0.3) is 0 Å². The van der Waals surface area contributed by atoms with Crippen molar-refractivity contribution in [3.05, 3.63) is 22.7 Å². The second-order valence-electron chi connectivity index (χ2n) is 5.22. The lowest BCUT2D eigenvalue weighted by molar-refractivity contribution is -0.0703. The van der Waals surface area contributed by atoms with Crippen LogP contribution in [-0.2, 0) is 4.74 Å². The number of anilines is 1. The molecule has 2 rings (SSSR count). The van der Waals surface area contributed by atoms with E-state index in [1.807, 2.05) is 39.5 Å². The van der Waals surface area contributed by atoms with Crippen LogP contribution in [0.3, 0.4) is 0 Å². The van der Waals surface area contributed by atoms with E-state index in [1.165, 1.54) is 6.20 Å². The molecule has 3 nitrogen and oxygen atoms in total. The maximum atomic E-state index is 13.5. The molecule has 0 aromatic carbocycles. The zero-order valence-corrected chi connectivity index (χ0v) is 13.8. The largest absolute Gasteiger partial charge is 0.369 e. The van der Waals surface area contributed by atoms with Crippen LogP contribution >= 0.6 is 15.9 Å². The van der Waals surface area contributed by atoms with Gasteiger partial charge in [0.2, 0.25) is 5.95 Å². The van der Waals surface area contributed by atoms with Crippen molar-refractivity contribution in [2.75, 3.05) is 18.0 Å². The van der Waals surface area contributed by atoms with Crippen LogP contribution in [0.5, 0.6) is 0 Å². The van der Waals surface area contributed by atoms with Gasteiger partial charge >= 0.3 is 0 Å². The fraction of sp³-hybridized carbons (Fsp3) is 0.643. The van der Waals surface area contributed by atoms with Gasteiger partial charge in [-0.25, -0.2) is 4.98 Å². The molecule has 0 radical (unpaired) electrons. The molecule has 1 fully saturated rings. The van der Waals surface area contributed by atoms with Crippen molar-refractivity contribution >= 4 is 21.6 Å². The van der Waals surface area contributed by atoms with Crippen LogP contribution in [0.1, 0.15) is 34.6 Å². The Morgan fingerprint density at radius 3 is 2.47 bits per heavy atom. The Balaban J connectivity index is 0.000000861. The summed E-state index contributed by atoms with van der Waals surface area (Å²) in [5.74, 6) is -0.428. The first-order valence-corrected chi connectivity index (χ1v) is 7.38. The predicted molar refractivity (Wildman–Crippen MR) is 80.1 cm³/mol. The molecule has 2 heterocycles. The maximum Gasteiger partial charge on any atom is 0.236 e. The van der Waals surface area contributed by atoms with Gasteiger partial charge in [-0.15, -0.1) is 0 Å². The second-order valence-corrected chi connectivity index (χ2v) is 6.14. The minimum absolute atomic E-state index is 0.148. The molecule has 0 spiro atoms. The molecule has 19 heavy (non-hydrogen) atoms. The first-order chi connectivity index (χ1) is 8.85. The maximum absolute atomic E-state index is 13.5. The fourth-order valence-corrected chi connectivity index (χ4v) is 2.16. The van der Waals surface area contributed by atoms with Crippen LogP contribution in [0.25, 0.3) is 0 Å². The monoisotopic (exact) mass is 332 g/mol. The summed E-state index contributed by atoms with van der Waals surface area (Å²) in [5, 5.41) is 0. The van der Waals surface area contributed by atoms with E-state index in [4.69, 9.17) is 4.74 Å². The van der Waals surface area contributed by atoms with E-state index in [0.29, 0.717) is 18.8 Å². The molecule has 1 aliphatic heterocycles. The fourth-order valence-electron chi connectivity index (χ4n) is 1.84. The molecule has 1 saturated heterocycles. The Bertz CT molecular complexity index is 414. The highest BCUT2D eigenvalue weighted by Gasteiger charge is 2.32. The quantitative estimate of drug-likeness (QED) is 0.765. The van der Waals surface area contributed by atoms with Crippen molar-refractivity contribution in [1.29, 1.82) is 0 Å². The van der Waals surface area contributed by atoms with E-state index in [0.717, 1.165) is 4.47 Å². The summed E-state index contributed by atoms with van der Waals surface area (Å²) < 4.78 is 20.1. The number of hydrogen-bond donors (Lipinski definition) is 0. The van der Waals surface area contributed by atoms with Crippen LogP contribution in [0.15, 0.2) is 16.7 Å². The standard InChI is InChI=1S/C12H16BrFN2O.C2H6/c1-12(2,3)17-9-6-16(7-9)10-4-8(13)5-15-11(10)14;1-2/h4-5,9H,6-7H2,1-3H3;1-2H3. The lowest BCUT2D eigenvalue weighted by atomic mass is 10.1. The summed E-state index contributed by atoms with van der Waals surface area (Å²) in [6, 6.07) is 1.75. The highest BCUT2D eigenvalue weighted by atomic mass is 79.9. The van der Waals surface area contributed by atoms with Crippen LogP contribution in [0.4, 0.5) is 10.1 Å². The summed E-state index contributed by atoms with van der Waals surface area (Å²) in [6.07, 6.45) is 1.63. The molecule has 1 aliphatic rings. The predicted octanol–water partition coefficient (Wildman–Crippen LogP) is 4.01. The molecule has 0 aliphatic carbocycles. The van der Waals surface area contributed by atoms with Gasteiger partial charge in [-0.3, -0.25) is 0 Å². The minimum Gasteiger partial charge on any atom is -0.369 e. The van der Waals surface area contributed by atoms with Gasteiger partial charge in [-0.1, -0.05) is 13.8 Å². The third-order valence-corrected chi connectivity index (χ3v) is 2.93. The third kappa shape index (κ3) is 4.73. The second kappa shape index (κ2) is 6.66. The average molecular weight is 333 g/mol. The lowest BCUT2D eigenvalue weighted by Crippen LogP contribution is -2.54. The number of nitrogens with zero attached hydrogens (tertiary/aromatic N) is 2. The van der Waals surface area contributed by atoms with Crippen molar-refractivity contribution in [1.82, 2.24) is 4.98 Å². The van der Waals surface area contributed by atoms with E-state index < -0.39 is 5.95 Å². The number of hydrogen-bond acceptors (Lipinski definition) is 3. The number of rotatable bonds is 2. The van der Waals surface area contributed by atoms with Gasteiger partial charge < -0.3 is 9.64 Å². The molecule has 5 heteroatoms. The SMILES string of the molecule is CC.CC(C)(C)OC1CN(c2cc(Br)cnc2F)C1. The van der Waals surface area contributed by atoms with Crippen molar-refractivity contribution in [3.63, 3.8) is 0 Å². The number of aromatic nitrogens is 1. The molecule has 0 unspecified atom stereocenters. The Morgan fingerprint density at radius 2 is 1.95 bits per heavy atom. The van der Waals surface area contributed by atoms with Gasteiger partial charge in [-0.05, 0) is 42.8 Å². The molecule has 1 aromatic heterocycles. The number of pyridine rings is 1. The van der Waals surface area contributed by atoms with Crippen molar-refractivity contribution < 1.29 is 9.13 Å². The molecular formula is C14H22BrFN2O. The van der Waals surface area contributed by atoms with Crippen molar-refractivity contribution in [2.24, 2.45) is 0 Å². The molecule has 0 bridgehead atoms. The van der Waals surface area contributed by atoms with E-state index >= 15 is 0 Å². The Labute approximate surface area is 123 Å². The summed E-state index contributed by atoms with van der Waals surface area (Å²) in [7, 11) is 0. The minimum atomic E-state index is -0.428. The van der Waals surface area contributed by atoms with Gasteiger partial charge in [0.05, 0.1) is 17.4 Å². The number of halogens is 2. The van der Waals surface area contributed by atoms with Gasteiger partial charge in [0, 0.05) is 23.8 Å². The van der Waals surface area contributed by atoms with Crippen LogP contribution in [-0.4, -0.2) is 29.8 Å².